The largest absolute Gasteiger partial charge is 0.493 e. The van der Waals surface area contributed by atoms with Crippen molar-refractivity contribution in [2.45, 2.75) is 20.0 Å². The number of amides is 1. The first-order valence-electron chi connectivity index (χ1n) is 8.65. The van der Waals surface area contributed by atoms with E-state index in [4.69, 9.17) is 13.9 Å². The Labute approximate surface area is 165 Å². The van der Waals surface area contributed by atoms with Crippen molar-refractivity contribution in [2.24, 2.45) is 0 Å². The number of carbonyl (C=O) groups excluding carboxylic acids is 2. The molecule has 1 N–H and O–H groups in total. The third-order valence-corrected chi connectivity index (χ3v) is 4.51. The van der Waals surface area contributed by atoms with Crippen LogP contribution in [0.15, 0.2) is 46.2 Å². The Morgan fingerprint density at radius 3 is 2.79 bits per heavy atom. The lowest BCUT2D eigenvalue weighted by Gasteiger charge is -2.12. The molecule has 0 fully saturated rings. The molecule has 0 bridgehead atoms. The molecule has 1 atom stereocenters. The first kappa shape index (κ1) is 19.6. The molecular formula is C19H19N3O5S. The lowest BCUT2D eigenvalue weighted by atomic mass is 10.2. The Hall–Kier alpha value is -3.20. The van der Waals surface area contributed by atoms with E-state index >= 15 is 0 Å². The van der Waals surface area contributed by atoms with Gasteiger partial charge in [0, 0.05) is 0 Å². The van der Waals surface area contributed by atoms with Crippen LogP contribution in [-0.2, 0) is 9.53 Å². The lowest BCUT2D eigenvalue weighted by molar-refractivity contribution is -0.148. The Balaban J connectivity index is 1.53. The maximum atomic E-state index is 12.3. The fourth-order valence-corrected chi connectivity index (χ4v) is 3.02. The molecule has 1 aromatic carbocycles. The number of nitrogens with zero attached hydrogens (tertiary/aromatic N) is 2. The van der Waals surface area contributed by atoms with Crippen LogP contribution < -0.4 is 10.1 Å². The number of esters is 1. The van der Waals surface area contributed by atoms with Crippen molar-refractivity contribution in [3.63, 3.8) is 0 Å². The van der Waals surface area contributed by atoms with Crippen molar-refractivity contribution in [1.29, 1.82) is 0 Å². The van der Waals surface area contributed by atoms with E-state index in [9.17, 15) is 9.59 Å². The molecule has 9 heteroatoms. The van der Waals surface area contributed by atoms with Crippen molar-refractivity contribution < 1.29 is 23.5 Å². The first-order chi connectivity index (χ1) is 13.6. The number of benzene rings is 1. The van der Waals surface area contributed by atoms with Crippen LogP contribution in [0.25, 0.3) is 10.8 Å². The van der Waals surface area contributed by atoms with Crippen LogP contribution in [0.5, 0.6) is 5.75 Å². The van der Waals surface area contributed by atoms with Gasteiger partial charge in [0.2, 0.25) is 0 Å². The molecule has 0 unspecified atom stereocenters. The second-order valence-corrected chi connectivity index (χ2v) is 6.61. The van der Waals surface area contributed by atoms with Crippen LogP contribution >= 0.6 is 11.3 Å². The monoisotopic (exact) mass is 401 g/mol. The van der Waals surface area contributed by atoms with Crippen LogP contribution in [-0.4, -0.2) is 35.2 Å². The summed E-state index contributed by atoms with van der Waals surface area (Å²) in [6.07, 6.45) is -0.735. The summed E-state index contributed by atoms with van der Waals surface area (Å²) in [5, 5.41) is 12.3. The highest BCUT2D eigenvalue weighted by molar-refractivity contribution is 7.13. The average Bonchev–Trinajstić information content (AvgIpc) is 3.38. The second-order valence-electron chi connectivity index (χ2n) is 5.67. The van der Waals surface area contributed by atoms with Gasteiger partial charge in [-0.1, -0.05) is 18.2 Å². The SMILES string of the molecule is CCOc1ccccc1C(=O)NCC(=O)O[C@H](C)c1nnc(-c2cccs2)o1. The van der Waals surface area contributed by atoms with Gasteiger partial charge in [-0.25, -0.2) is 0 Å². The molecule has 8 nitrogen and oxygen atoms in total. The van der Waals surface area contributed by atoms with Gasteiger partial charge in [0.15, 0.2) is 6.10 Å². The minimum atomic E-state index is -0.735. The lowest BCUT2D eigenvalue weighted by Crippen LogP contribution is -2.31. The van der Waals surface area contributed by atoms with Gasteiger partial charge in [-0.3, -0.25) is 9.59 Å². The molecule has 3 rings (SSSR count). The van der Waals surface area contributed by atoms with E-state index in [1.54, 1.807) is 31.2 Å². The standard InChI is InChI=1S/C19H19N3O5S/c1-3-25-14-8-5-4-7-13(14)17(24)20-11-16(23)26-12(2)18-21-22-19(27-18)15-9-6-10-28-15/h4-10,12H,3,11H2,1-2H3,(H,20,24)/t12-/m1/s1. The quantitative estimate of drug-likeness (QED) is 0.578. The Kier molecular flexibility index (Phi) is 6.38. The minimum Gasteiger partial charge on any atom is -0.493 e. The molecule has 146 valence electrons. The van der Waals surface area contributed by atoms with Gasteiger partial charge in [-0.15, -0.1) is 21.5 Å². The van der Waals surface area contributed by atoms with E-state index in [2.05, 4.69) is 15.5 Å². The summed E-state index contributed by atoms with van der Waals surface area (Å²) in [6.45, 7) is 3.59. The number of hydrogen-bond donors (Lipinski definition) is 1. The van der Waals surface area contributed by atoms with E-state index in [1.165, 1.54) is 11.3 Å². The van der Waals surface area contributed by atoms with Crippen molar-refractivity contribution in [3.8, 4) is 16.5 Å². The van der Waals surface area contributed by atoms with Crippen molar-refractivity contribution in [1.82, 2.24) is 15.5 Å². The number of carbonyl (C=O) groups is 2. The van der Waals surface area contributed by atoms with Crippen LogP contribution in [0.1, 0.15) is 36.2 Å². The molecule has 0 aliphatic carbocycles. The predicted octanol–water partition coefficient (Wildman–Crippen LogP) is 3.23. The van der Waals surface area contributed by atoms with Gasteiger partial charge < -0.3 is 19.2 Å². The molecule has 2 heterocycles. The molecule has 0 saturated heterocycles. The molecule has 0 aliphatic rings. The third kappa shape index (κ3) is 4.74. The highest BCUT2D eigenvalue weighted by Crippen LogP contribution is 2.25. The molecule has 1 amide bonds. The van der Waals surface area contributed by atoms with Crippen LogP contribution in [0.4, 0.5) is 0 Å². The van der Waals surface area contributed by atoms with E-state index < -0.39 is 18.0 Å². The van der Waals surface area contributed by atoms with Crippen LogP contribution in [0, 0.1) is 0 Å². The number of aromatic nitrogens is 2. The predicted molar refractivity (Wildman–Crippen MR) is 102 cm³/mol. The number of rotatable bonds is 8. The molecule has 2 aromatic heterocycles. The third-order valence-electron chi connectivity index (χ3n) is 3.65. The van der Waals surface area contributed by atoms with E-state index in [0.717, 1.165) is 4.88 Å². The van der Waals surface area contributed by atoms with Gasteiger partial charge in [0.1, 0.15) is 12.3 Å². The number of hydrogen-bond acceptors (Lipinski definition) is 8. The minimum absolute atomic E-state index is 0.185. The van der Waals surface area contributed by atoms with Gasteiger partial charge in [0.05, 0.1) is 17.0 Å². The zero-order valence-electron chi connectivity index (χ0n) is 15.4. The summed E-state index contributed by atoms with van der Waals surface area (Å²) < 4.78 is 16.2. The number of nitrogens with one attached hydrogen (secondary N) is 1. The fraction of sp³-hybridized carbons (Fsp3) is 0.263. The summed E-state index contributed by atoms with van der Waals surface area (Å²) >= 11 is 1.47. The van der Waals surface area contributed by atoms with Gasteiger partial charge in [-0.2, -0.15) is 0 Å². The summed E-state index contributed by atoms with van der Waals surface area (Å²) in [5.74, 6) is -0.0354. The molecule has 0 saturated carbocycles. The Morgan fingerprint density at radius 2 is 2.04 bits per heavy atom. The van der Waals surface area contributed by atoms with E-state index in [-0.39, 0.29) is 12.4 Å². The maximum absolute atomic E-state index is 12.3. The van der Waals surface area contributed by atoms with Crippen molar-refractivity contribution in [3.05, 3.63) is 53.2 Å². The normalized spacial score (nSPS) is 11.6. The Bertz CT molecular complexity index is 939. The fourth-order valence-electron chi connectivity index (χ4n) is 2.37. The van der Waals surface area contributed by atoms with Crippen molar-refractivity contribution in [2.75, 3.05) is 13.2 Å². The Morgan fingerprint density at radius 1 is 1.21 bits per heavy atom. The van der Waals surface area contributed by atoms with E-state index in [1.807, 2.05) is 24.4 Å². The average molecular weight is 401 g/mol. The van der Waals surface area contributed by atoms with E-state index in [0.29, 0.717) is 23.8 Å². The molecule has 0 spiro atoms. The molecule has 0 radical (unpaired) electrons. The number of thiophene rings is 1. The van der Waals surface area contributed by atoms with Gasteiger partial charge >= 0.3 is 5.97 Å². The first-order valence-corrected chi connectivity index (χ1v) is 9.53. The second kappa shape index (κ2) is 9.14. The van der Waals surface area contributed by atoms with Crippen LogP contribution in [0.2, 0.25) is 0 Å². The zero-order chi connectivity index (χ0) is 19.9. The number of para-hydroxylation sites is 1. The topological polar surface area (TPSA) is 104 Å². The van der Waals surface area contributed by atoms with Crippen molar-refractivity contribution >= 4 is 23.2 Å². The summed E-state index contributed by atoms with van der Waals surface area (Å²) in [6, 6.07) is 10.5. The maximum Gasteiger partial charge on any atom is 0.326 e. The summed E-state index contributed by atoms with van der Waals surface area (Å²) in [4.78, 5) is 25.2. The molecule has 0 aliphatic heterocycles. The highest BCUT2D eigenvalue weighted by atomic mass is 32.1. The molecule has 28 heavy (non-hydrogen) atoms. The molecular weight excluding hydrogens is 382 g/mol. The highest BCUT2D eigenvalue weighted by Gasteiger charge is 2.20. The van der Waals surface area contributed by atoms with Crippen LogP contribution in [0.3, 0.4) is 0 Å². The number of ether oxygens (including phenoxy) is 2. The zero-order valence-corrected chi connectivity index (χ0v) is 16.2. The van der Waals surface area contributed by atoms with Gasteiger partial charge in [0.25, 0.3) is 17.7 Å². The summed E-state index contributed by atoms with van der Waals surface area (Å²) in [7, 11) is 0. The molecule has 3 aromatic rings. The smallest absolute Gasteiger partial charge is 0.326 e. The summed E-state index contributed by atoms with van der Waals surface area (Å²) in [5.41, 5.74) is 0.350. The van der Waals surface area contributed by atoms with Gasteiger partial charge in [-0.05, 0) is 37.4 Å².